The summed E-state index contributed by atoms with van der Waals surface area (Å²) < 4.78 is 5.80. The average Bonchev–Trinajstić information content (AvgIpc) is 2.56. The van der Waals surface area contributed by atoms with Crippen molar-refractivity contribution >= 4 is 24.0 Å². The maximum Gasteiger partial charge on any atom is 0.244 e. The van der Waals surface area contributed by atoms with E-state index in [9.17, 15) is 4.79 Å². The van der Waals surface area contributed by atoms with Crippen LogP contribution in [0.3, 0.4) is 0 Å². The first-order valence-corrected chi connectivity index (χ1v) is 8.30. The Labute approximate surface area is 156 Å². The number of nitrogens with two attached hydrogens (primary N) is 1. The van der Waals surface area contributed by atoms with Gasteiger partial charge in [-0.3, -0.25) is 4.79 Å². The predicted octanol–water partition coefficient (Wildman–Crippen LogP) is 4.45. The molecule has 5 heteroatoms. The monoisotopic (exact) mass is 362 g/mol. The van der Waals surface area contributed by atoms with Crippen LogP contribution in [0.4, 0.5) is 5.69 Å². The lowest BCUT2D eigenvalue weighted by atomic mass is 9.96. The lowest BCUT2D eigenvalue weighted by Gasteiger charge is -2.24. The molecule has 1 amide bonds. The fraction of sp³-hybridized carbons (Fsp3) is 0.350. The second kappa shape index (κ2) is 9.44. The number of amides is 1. The Bertz CT molecular complexity index is 687. The number of ether oxygens (including phenoxy) is 1. The van der Waals surface area contributed by atoms with Gasteiger partial charge in [-0.1, -0.05) is 43.7 Å². The van der Waals surface area contributed by atoms with E-state index in [1.165, 1.54) is 0 Å². The fourth-order valence-corrected chi connectivity index (χ4v) is 2.55. The molecule has 4 nitrogen and oxygen atoms in total. The SMILES string of the molecule is CCCC(C)(N)C(=O)Nc1cccc(COc2ccccc2)c1C.Cl. The van der Waals surface area contributed by atoms with Gasteiger partial charge in [-0.2, -0.15) is 0 Å². The molecule has 25 heavy (non-hydrogen) atoms. The van der Waals surface area contributed by atoms with Crippen molar-refractivity contribution in [3.05, 3.63) is 59.7 Å². The van der Waals surface area contributed by atoms with Crippen molar-refractivity contribution in [3.8, 4) is 5.75 Å². The van der Waals surface area contributed by atoms with E-state index in [0.717, 1.165) is 29.0 Å². The van der Waals surface area contributed by atoms with Gasteiger partial charge >= 0.3 is 0 Å². The number of nitrogens with one attached hydrogen (secondary N) is 1. The summed E-state index contributed by atoms with van der Waals surface area (Å²) in [6.45, 7) is 6.22. The number of rotatable bonds is 7. The second-order valence-electron chi connectivity index (χ2n) is 6.31. The van der Waals surface area contributed by atoms with Gasteiger partial charge in [-0.25, -0.2) is 0 Å². The van der Waals surface area contributed by atoms with Gasteiger partial charge in [0.1, 0.15) is 12.4 Å². The van der Waals surface area contributed by atoms with Crippen LogP contribution in [0, 0.1) is 6.92 Å². The molecule has 136 valence electrons. The molecule has 0 aliphatic rings. The minimum atomic E-state index is -0.863. The molecule has 0 aliphatic heterocycles. The van der Waals surface area contributed by atoms with Gasteiger partial charge in [-0.05, 0) is 49.6 Å². The molecular formula is C20H27ClN2O2. The molecule has 2 aromatic rings. The van der Waals surface area contributed by atoms with Gasteiger partial charge in [0.25, 0.3) is 0 Å². The van der Waals surface area contributed by atoms with E-state index >= 15 is 0 Å². The molecule has 0 spiro atoms. The second-order valence-corrected chi connectivity index (χ2v) is 6.31. The van der Waals surface area contributed by atoms with E-state index in [-0.39, 0.29) is 18.3 Å². The lowest BCUT2D eigenvalue weighted by molar-refractivity contribution is -0.120. The molecule has 0 heterocycles. The van der Waals surface area contributed by atoms with Gasteiger partial charge in [0.2, 0.25) is 5.91 Å². The number of benzene rings is 2. The number of anilines is 1. The Hall–Kier alpha value is -2.04. The van der Waals surface area contributed by atoms with Crippen LogP contribution in [0.25, 0.3) is 0 Å². The van der Waals surface area contributed by atoms with E-state index in [4.69, 9.17) is 10.5 Å². The third-order valence-electron chi connectivity index (χ3n) is 4.12. The summed E-state index contributed by atoms with van der Waals surface area (Å²) in [5.74, 6) is 0.664. The summed E-state index contributed by atoms with van der Waals surface area (Å²) in [4.78, 5) is 12.4. The first-order chi connectivity index (χ1) is 11.4. The normalized spacial score (nSPS) is 12.6. The minimum Gasteiger partial charge on any atom is -0.489 e. The molecule has 0 saturated carbocycles. The molecule has 0 bridgehead atoms. The molecular weight excluding hydrogens is 336 g/mol. The van der Waals surface area contributed by atoms with Crippen molar-refractivity contribution < 1.29 is 9.53 Å². The Morgan fingerprint density at radius 1 is 1.16 bits per heavy atom. The summed E-state index contributed by atoms with van der Waals surface area (Å²) in [7, 11) is 0. The highest BCUT2D eigenvalue weighted by Crippen LogP contribution is 2.22. The van der Waals surface area contributed by atoms with E-state index in [1.54, 1.807) is 6.92 Å². The Morgan fingerprint density at radius 2 is 1.84 bits per heavy atom. The van der Waals surface area contributed by atoms with Crippen molar-refractivity contribution in [2.75, 3.05) is 5.32 Å². The van der Waals surface area contributed by atoms with Crippen LogP contribution in [0.5, 0.6) is 5.75 Å². The van der Waals surface area contributed by atoms with Crippen LogP contribution in [-0.2, 0) is 11.4 Å². The molecule has 1 atom stereocenters. The molecule has 0 radical (unpaired) electrons. The van der Waals surface area contributed by atoms with Gasteiger partial charge in [-0.15, -0.1) is 12.4 Å². The molecule has 2 rings (SSSR count). The molecule has 1 unspecified atom stereocenters. The number of para-hydroxylation sites is 1. The topological polar surface area (TPSA) is 64.4 Å². The lowest BCUT2D eigenvalue weighted by Crippen LogP contribution is -2.48. The smallest absolute Gasteiger partial charge is 0.244 e. The Kier molecular flexibility index (Phi) is 7.94. The zero-order chi connectivity index (χ0) is 17.6. The van der Waals surface area contributed by atoms with Crippen molar-refractivity contribution in [1.82, 2.24) is 0 Å². The van der Waals surface area contributed by atoms with E-state index in [0.29, 0.717) is 13.0 Å². The van der Waals surface area contributed by atoms with Crippen LogP contribution in [0.15, 0.2) is 48.5 Å². The van der Waals surface area contributed by atoms with E-state index in [1.807, 2.05) is 62.4 Å². The number of hydrogen-bond acceptors (Lipinski definition) is 3. The van der Waals surface area contributed by atoms with E-state index in [2.05, 4.69) is 5.32 Å². The maximum atomic E-state index is 12.4. The van der Waals surface area contributed by atoms with Crippen molar-refractivity contribution in [3.63, 3.8) is 0 Å². The summed E-state index contributed by atoms with van der Waals surface area (Å²) in [5.41, 5.74) is 8.05. The Morgan fingerprint density at radius 3 is 2.48 bits per heavy atom. The molecule has 2 aromatic carbocycles. The van der Waals surface area contributed by atoms with Crippen LogP contribution in [-0.4, -0.2) is 11.4 Å². The van der Waals surface area contributed by atoms with Crippen LogP contribution in [0.1, 0.15) is 37.8 Å². The summed E-state index contributed by atoms with van der Waals surface area (Å²) >= 11 is 0. The molecule has 3 N–H and O–H groups in total. The largest absolute Gasteiger partial charge is 0.489 e. The standard InChI is InChI=1S/C20H26N2O2.ClH/c1-4-13-20(3,21)19(23)22-18-12-8-9-16(15(18)2)14-24-17-10-6-5-7-11-17;/h5-12H,4,13-14,21H2,1-3H3,(H,22,23);1H. The number of carbonyl (C=O) groups excluding carboxylic acids is 1. The molecule has 0 aliphatic carbocycles. The highest BCUT2D eigenvalue weighted by Gasteiger charge is 2.27. The predicted molar refractivity (Wildman–Crippen MR) is 105 cm³/mol. The zero-order valence-corrected chi connectivity index (χ0v) is 15.9. The third-order valence-corrected chi connectivity index (χ3v) is 4.12. The van der Waals surface area contributed by atoms with Gasteiger partial charge < -0.3 is 15.8 Å². The highest BCUT2D eigenvalue weighted by atomic mass is 35.5. The minimum absolute atomic E-state index is 0. The highest BCUT2D eigenvalue weighted by molar-refractivity contribution is 5.98. The van der Waals surface area contributed by atoms with Crippen molar-refractivity contribution in [1.29, 1.82) is 0 Å². The van der Waals surface area contributed by atoms with Crippen molar-refractivity contribution in [2.45, 2.75) is 45.8 Å². The van der Waals surface area contributed by atoms with Crippen LogP contribution < -0.4 is 15.8 Å². The van der Waals surface area contributed by atoms with E-state index < -0.39 is 5.54 Å². The van der Waals surface area contributed by atoms with Crippen LogP contribution in [0.2, 0.25) is 0 Å². The molecule has 0 saturated heterocycles. The fourth-order valence-electron chi connectivity index (χ4n) is 2.55. The van der Waals surface area contributed by atoms with Gasteiger partial charge in [0, 0.05) is 5.69 Å². The van der Waals surface area contributed by atoms with Crippen LogP contribution >= 0.6 is 12.4 Å². The Balaban J connectivity index is 0.00000312. The van der Waals surface area contributed by atoms with Gasteiger partial charge in [0.05, 0.1) is 5.54 Å². The van der Waals surface area contributed by atoms with Gasteiger partial charge in [0.15, 0.2) is 0 Å². The number of hydrogen-bond donors (Lipinski definition) is 2. The number of carbonyl (C=O) groups is 1. The maximum absolute atomic E-state index is 12.4. The first-order valence-electron chi connectivity index (χ1n) is 8.30. The zero-order valence-electron chi connectivity index (χ0n) is 15.0. The number of halogens is 1. The molecule has 0 aromatic heterocycles. The average molecular weight is 363 g/mol. The molecule has 0 fully saturated rings. The first kappa shape index (κ1) is 21.0. The summed E-state index contributed by atoms with van der Waals surface area (Å²) in [6.07, 6.45) is 1.51. The summed E-state index contributed by atoms with van der Waals surface area (Å²) in [6, 6.07) is 15.5. The quantitative estimate of drug-likeness (QED) is 0.764. The van der Waals surface area contributed by atoms with Crippen molar-refractivity contribution in [2.24, 2.45) is 5.73 Å². The third kappa shape index (κ3) is 5.76. The summed E-state index contributed by atoms with van der Waals surface area (Å²) in [5, 5.41) is 2.95.